The van der Waals surface area contributed by atoms with Crippen molar-refractivity contribution >= 4 is 16.7 Å². The van der Waals surface area contributed by atoms with Gasteiger partial charge in [0.1, 0.15) is 24.6 Å². The maximum absolute atomic E-state index is 13.0. The molecule has 0 aromatic heterocycles. The second kappa shape index (κ2) is 8.13. The molecule has 5 heteroatoms. The van der Waals surface area contributed by atoms with Crippen LogP contribution in [0.1, 0.15) is 17.5 Å². The third kappa shape index (κ3) is 4.17. The number of nitrogens with one attached hydrogen (secondary N) is 1. The second-order valence-electron chi connectivity index (χ2n) is 5.79. The number of rotatable bonds is 6. The highest BCUT2D eigenvalue weighted by molar-refractivity contribution is 5.88. The number of nitriles is 1. The molecule has 3 rings (SSSR count). The van der Waals surface area contributed by atoms with Crippen LogP contribution in [0.15, 0.2) is 60.7 Å². The molecule has 0 spiro atoms. The first-order valence-corrected chi connectivity index (χ1v) is 8.19. The lowest BCUT2D eigenvalue weighted by Gasteiger charge is -2.15. The van der Waals surface area contributed by atoms with Gasteiger partial charge in [-0.05, 0) is 34.5 Å². The minimum atomic E-state index is -0.329. The summed E-state index contributed by atoms with van der Waals surface area (Å²) in [6.45, 7) is 0.554. The minimum absolute atomic E-state index is 0.184. The Morgan fingerprint density at radius 3 is 2.62 bits per heavy atom. The van der Waals surface area contributed by atoms with E-state index in [2.05, 4.69) is 5.32 Å². The number of ether oxygens (including phenoxy) is 1. The molecule has 130 valence electrons. The first-order chi connectivity index (χ1) is 12.7. The van der Waals surface area contributed by atoms with Crippen LogP contribution >= 0.6 is 0 Å². The lowest BCUT2D eigenvalue weighted by molar-refractivity contribution is -0.120. The van der Waals surface area contributed by atoms with Gasteiger partial charge in [0, 0.05) is 12.1 Å². The van der Waals surface area contributed by atoms with Crippen molar-refractivity contribution in [2.24, 2.45) is 0 Å². The fourth-order valence-electron chi connectivity index (χ4n) is 2.70. The Labute approximate surface area is 150 Å². The molecule has 0 fully saturated rings. The Morgan fingerprint density at radius 2 is 1.85 bits per heavy atom. The molecule has 4 nitrogen and oxygen atoms in total. The van der Waals surface area contributed by atoms with Crippen LogP contribution in [0.4, 0.5) is 4.39 Å². The zero-order valence-corrected chi connectivity index (χ0v) is 14.0. The molecule has 1 amide bonds. The van der Waals surface area contributed by atoms with E-state index < -0.39 is 0 Å². The van der Waals surface area contributed by atoms with Crippen LogP contribution in [0.25, 0.3) is 10.8 Å². The van der Waals surface area contributed by atoms with Crippen molar-refractivity contribution in [3.8, 4) is 11.8 Å². The summed E-state index contributed by atoms with van der Waals surface area (Å²) in [5.41, 5.74) is 1.69. The number of hydrogen-bond donors (Lipinski definition) is 1. The van der Waals surface area contributed by atoms with Crippen molar-refractivity contribution in [2.75, 3.05) is 0 Å². The van der Waals surface area contributed by atoms with Crippen LogP contribution in [0.2, 0.25) is 0 Å². The summed E-state index contributed by atoms with van der Waals surface area (Å²) in [5, 5.41) is 13.4. The monoisotopic (exact) mass is 348 g/mol. The predicted molar refractivity (Wildman–Crippen MR) is 96.8 cm³/mol. The number of hydrogen-bond acceptors (Lipinski definition) is 3. The quantitative estimate of drug-likeness (QED) is 0.730. The zero-order valence-electron chi connectivity index (χ0n) is 14.0. The molecule has 0 saturated heterocycles. The van der Waals surface area contributed by atoms with E-state index in [1.807, 2.05) is 42.5 Å². The summed E-state index contributed by atoms with van der Waals surface area (Å²) in [7, 11) is 0. The van der Waals surface area contributed by atoms with Gasteiger partial charge in [-0.2, -0.15) is 5.26 Å². The van der Waals surface area contributed by atoms with Crippen LogP contribution in [-0.4, -0.2) is 5.91 Å². The van der Waals surface area contributed by atoms with Crippen molar-refractivity contribution in [1.29, 1.82) is 5.26 Å². The average Bonchev–Trinajstić information content (AvgIpc) is 2.66. The lowest BCUT2D eigenvalue weighted by Crippen LogP contribution is -2.22. The third-order valence-corrected chi connectivity index (χ3v) is 4.01. The van der Waals surface area contributed by atoms with E-state index in [4.69, 9.17) is 10.00 Å². The summed E-state index contributed by atoms with van der Waals surface area (Å²) in [6.07, 6.45) is -0.184. The minimum Gasteiger partial charge on any atom is -0.489 e. The van der Waals surface area contributed by atoms with E-state index >= 15 is 0 Å². The fourth-order valence-corrected chi connectivity index (χ4v) is 2.70. The van der Waals surface area contributed by atoms with Gasteiger partial charge < -0.3 is 10.1 Å². The first kappa shape index (κ1) is 17.4. The van der Waals surface area contributed by atoms with Gasteiger partial charge >= 0.3 is 0 Å². The van der Waals surface area contributed by atoms with Gasteiger partial charge in [0.25, 0.3) is 0 Å². The Morgan fingerprint density at radius 1 is 1.08 bits per heavy atom. The molecule has 0 saturated carbocycles. The summed E-state index contributed by atoms with van der Waals surface area (Å²) >= 11 is 0. The van der Waals surface area contributed by atoms with Crippen LogP contribution < -0.4 is 10.1 Å². The van der Waals surface area contributed by atoms with Gasteiger partial charge in [0.05, 0.1) is 6.07 Å². The summed E-state index contributed by atoms with van der Waals surface area (Å²) in [5.74, 6) is 0.0237. The van der Waals surface area contributed by atoms with Crippen molar-refractivity contribution in [3.05, 3.63) is 77.6 Å². The van der Waals surface area contributed by atoms with Gasteiger partial charge in [-0.1, -0.05) is 42.5 Å². The topological polar surface area (TPSA) is 62.1 Å². The zero-order chi connectivity index (χ0) is 18.4. The summed E-state index contributed by atoms with van der Waals surface area (Å²) < 4.78 is 18.9. The molecule has 0 atom stereocenters. The Kier molecular flexibility index (Phi) is 5.45. The van der Waals surface area contributed by atoms with E-state index in [-0.39, 0.29) is 31.3 Å². The fraction of sp³-hybridized carbons (Fsp3) is 0.143. The molecular formula is C21H17FN2O2. The number of amides is 1. The summed E-state index contributed by atoms with van der Waals surface area (Å²) in [6, 6.07) is 19.6. The summed E-state index contributed by atoms with van der Waals surface area (Å²) in [4.78, 5) is 11.7. The number of halogens is 1. The Balaban J connectivity index is 1.85. The van der Waals surface area contributed by atoms with E-state index in [0.717, 1.165) is 21.9 Å². The highest BCUT2D eigenvalue weighted by atomic mass is 19.1. The molecular weight excluding hydrogens is 331 g/mol. The van der Waals surface area contributed by atoms with Crippen LogP contribution in [0.3, 0.4) is 0 Å². The lowest BCUT2D eigenvalue weighted by atomic mass is 10.0. The standard InChI is InChI=1S/C21H17FN2O2/c22-17-8-5-15(6-9-17)14-26-20-10-7-16-3-1-2-4-18(16)19(20)13-24-21(25)11-12-23/h1-10H,11,13-14H2,(H,24,25). The van der Waals surface area contributed by atoms with E-state index in [1.165, 1.54) is 12.1 Å². The average molecular weight is 348 g/mol. The van der Waals surface area contributed by atoms with Gasteiger partial charge in [-0.25, -0.2) is 4.39 Å². The smallest absolute Gasteiger partial charge is 0.234 e. The van der Waals surface area contributed by atoms with Crippen molar-refractivity contribution in [1.82, 2.24) is 5.32 Å². The van der Waals surface area contributed by atoms with Crippen molar-refractivity contribution in [3.63, 3.8) is 0 Å². The van der Waals surface area contributed by atoms with Gasteiger partial charge in [0.15, 0.2) is 0 Å². The Bertz CT molecular complexity index is 962. The molecule has 0 bridgehead atoms. The van der Waals surface area contributed by atoms with Crippen molar-refractivity contribution in [2.45, 2.75) is 19.6 Å². The maximum Gasteiger partial charge on any atom is 0.234 e. The maximum atomic E-state index is 13.0. The molecule has 3 aromatic rings. The number of fused-ring (bicyclic) bond motifs is 1. The van der Waals surface area contributed by atoms with Crippen LogP contribution in [0, 0.1) is 17.1 Å². The third-order valence-electron chi connectivity index (χ3n) is 4.01. The molecule has 0 aliphatic heterocycles. The molecule has 0 aliphatic carbocycles. The molecule has 0 radical (unpaired) electrons. The molecule has 0 unspecified atom stereocenters. The molecule has 26 heavy (non-hydrogen) atoms. The highest BCUT2D eigenvalue weighted by Gasteiger charge is 2.11. The van der Waals surface area contributed by atoms with Gasteiger partial charge in [-0.15, -0.1) is 0 Å². The van der Waals surface area contributed by atoms with Crippen LogP contribution in [0.5, 0.6) is 5.75 Å². The van der Waals surface area contributed by atoms with Gasteiger partial charge in [0.2, 0.25) is 5.91 Å². The van der Waals surface area contributed by atoms with Crippen molar-refractivity contribution < 1.29 is 13.9 Å². The van der Waals surface area contributed by atoms with Gasteiger partial charge in [-0.3, -0.25) is 4.79 Å². The largest absolute Gasteiger partial charge is 0.489 e. The predicted octanol–water partition coefficient (Wildman–Crippen LogP) is 4.09. The molecule has 0 aliphatic rings. The van der Waals surface area contributed by atoms with E-state index in [9.17, 15) is 9.18 Å². The number of carbonyl (C=O) groups is 1. The SMILES string of the molecule is N#CCC(=O)NCc1c(OCc2ccc(F)cc2)ccc2ccccc12. The highest BCUT2D eigenvalue weighted by Crippen LogP contribution is 2.28. The number of nitrogens with zero attached hydrogens (tertiary/aromatic N) is 1. The molecule has 0 heterocycles. The van der Waals surface area contributed by atoms with E-state index in [1.54, 1.807) is 12.1 Å². The van der Waals surface area contributed by atoms with Crippen LogP contribution in [-0.2, 0) is 17.9 Å². The first-order valence-electron chi connectivity index (χ1n) is 8.19. The number of carbonyl (C=O) groups excluding carboxylic acids is 1. The molecule has 1 N–H and O–H groups in total. The normalized spacial score (nSPS) is 10.3. The number of benzene rings is 3. The van der Waals surface area contributed by atoms with E-state index in [0.29, 0.717) is 5.75 Å². The second-order valence-corrected chi connectivity index (χ2v) is 5.79. The Hall–Kier alpha value is -3.39. The molecule has 3 aromatic carbocycles.